The Hall–Kier alpha value is -3.82. The number of ether oxygens (including phenoxy) is 1. The minimum absolute atomic E-state index is 0.0486. The Balaban J connectivity index is 1.47. The molecule has 0 aliphatic rings. The van der Waals surface area contributed by atoms with Crippen LogP contribution in [0.15, 0.2) is 77.0 Å². The molecule has 184 valence electrons. The third-order valence-corrected chi connectivity index (χ3v) is 6.29. The summed E-state index contributed by atoms with van der Waals surface area (Å²) in [5.74, 6) is 1.01. The molecule has 0 atom stereocenters. The molecule has 0 aliphatic heterocycles. The Morgan fingerprint density at radius 1 is 1.19 bits per heavy atom. The summed E-state index contributed by atoms with van der Waals surface area (Å²) < 4.78 is 7.32. The predicted molar refractivity (Wildman–Crippen MR) is 141 cm³/mol. The van der Waals surface area contributed by atoms with E-state index in [2.05, 4.69) is 20.7 Å². The Labute approximate surface area is 218 Å². The van der Waals surface area contributed by atoms with Crippen LogP contribution < -0.4 is 14.7 Å². The fraction of sp³-hybridized carbons (Fsp3) is 0.154. The lowest BCUT2D eigenvalue weighted by atomic mass is 10.1. The fourth-order valence-corrected chi connectivity index (χ4v) is 4.24. The van der Waals surface area contributed by atoms with Crippen molar-refractivity contribution in [2.75, 3.05) is 12.4 Å². The number of carbonyl (C=O) groups excluding carboxylic acids is 1. The van der Waals surface area contributed by atoms with Gasteiger partial charge in [0.25, 0.3) is 11.7 Å². The van der Waals surface area contributed by atoms with Gasteiger partial charge in [0.2, 0.25) is 0 Å². The smallest absolute Gasteiger partial charge is 0.342 e. The number of H-pyrrole nitrogens is 1. The molecule has 4 aromatic rings. The van der Waals surface area contributed by atoms with Gasteiger partial charge in [-0.05, 0) is 85.8 Å². The first kappa shape index (κ1) is 25.3. The molecule has 3 aromatic carbocycles. The first-order valence-electron chi connectivity index (χ1n) is 11.2. The SMILES string of the molecule is CCOc1cc(C=NNC(=O)CSc2n[nH]c(-c3ccc(C)cc3)[n+]2-c2ccc(Cl)cc2)ccc1O. The first-order valence-corrected chi connectivity index (χ1v) is 12.5. The standard InChI is InChI=1S/C26H24ClN5O3S/c1-3-35-23-14-18(6-13-22(23)33)15-28-29-24(34)16-36-26-31-30-25(19-7-4-17(2)5-8-19)32(26)21-11-9-20(27)10-12-21/h4-15H,3,16H2,1-2H3,(H2,28,29,33,34)/p+1. The Morgan fingerprint density at radius 3 is 2.67 bits per heavy atom. The molecule has 0 radical (unpaired) electrons. The maximum Gasteiger partial charge on any atom is 0.342 e. The number of aromatic hydroxyl groups is 1. The number of aryl methyl sites for hydroxylation is 1. The number of aromatic amines is 1. The lowest BCUT2D eigenvalue weighted by molar-refractivity contribution is -0.625. The largest absolute Gasteiger partial charge is 0.504 e. The van der Waals surface area contributed by atoms with Crippen molar-refractivity contribution < 1.29 is 19.2 Å². The third kappa shape index (κ3) is 6.24. The highest BCUT2D eigenvalue weighted by Crippen LogP contribution is 2.26. The van der Waals surface area contributed by atoms with Crippen LogP contribution in [-0.2, 0) is 4.79 Å². The van der Waals surface area contributed by atoms with Crippen molar-refractivity contribution in [3.05, 3.63) is 82.9 Å². The van der Waals surface area contributed by atoms with Crippen molar-refractivity contribution in [1.82, 2.24) is 15.6 Å². The number of halogens is 1. The Morgan fingerprint density at radius 2 is 1.94 bits per heavy atom. The number of rotatable bonds is 9. The van der Waals surface area contributed by atoms with Crippen LogP contribution in [0.5, 0.6) is 11.5 Å². The monoisotopic (exact) mass is 522 g/mol. The van der Waals surface area contributed by atoms with E-state index in [1.54, 1.807) is 12.1 Å². The van der Waals surface area contributed by atoms with Crippen LogP contribution in [0.2, 0.25) is 5.02 Å². The van der Waals surface area contributed by atoms with Crippen molar-refractivity contribution in [1.29, 1.82) is 0 Å². The molecule has 0 spiro atoms. The van der Waals surface area contributed by atoms with Crippen molar-refractivity contribution >= 4 is 35.5 Å². The van der Waals surface area contributed by atoms with Crippen LogP contribution in [-0.4, -0.2) is 39.8 Å². The summed E-state index contributed by atoms with van der Waals surface area (Å²) >= 11 is 7.37. The van der Waals surface area contributed by atoms with E-state index < -0.39 is 0 Å². The number of aromatic nitrogens is 3. The zero-order chi connectivity index (χ0) is 25.5. The van der Waals surface area contributed by atoms with E-state index >= 15 is 0 Å². The number of hydrogen-bond acceptors (Lipinski definition) is 6. The average molecular weight is 523 g/mol. The summed E-state index contributed by atoms with van der Waals surface area (Å²) in [6.45, 7) is 4.29. The van der Waals surface area contributed by atoms with Gasteiger partial charge in [-0.2, -0.15) is 9.67 Å². The highest BCUT2D eigenvalue weighted by Gasteiger charge is 2.24. The molecule has 1 heterocycles. The number of hydrazone groups is 1. The number of thioether (sulfide) groups is 1. The van der Waals surface area contributed by atoms with Gasteiger partial charge in [0.1, 0.15) is 5.69 Å². The Bertz CT molecular complexity index is 1370. The molecule has 0 saturated carbocycles. The molecule has 0 saturated heterocycles. The number of benzene rings is 3. The summed E-state index contributed by atoms with van der Waals surface area (Å²) in [4.78, 5) is 12.5. The minimum Gasteiger partial charge on any atom is -0.504 e. The number of phenols is 1. The predicted octanol–water partition coefficient (Wildman–Crippen LogP) is 4.66. The van der Waals surface area contributed by atoms with Crippen molar-refractivity contribution in [2.45, 2.75) is 19.0 Å². The van der Waals surface area contributed by atoms with Crippen molar-refractivity contribution in [3.8, 4) is 28.6 Å². The van der Waals surface area contributed by atoms with Gasteiger partial charge in [0.05, 0.1) is 29.2 Å². The van der Waals surface area contributed by atoms with E-state index in [1.165, 1.54) is 24.0 Å². The molecule has 3 N–H and O–H groups in total. The topological polar surface area (TPSA) is 103 Å². The fourth-order valence-electron chi connectivity index (χ4n) is 3.35. The Kier molecular flexibility index (Phi) is 8.24. The van der Waals surface area contributed by atoms with Gasteiger partial charge in [0.15, 0.2) is 11.5 Å². The highest BCUT2D eigenvalue weighted by molar-refractivity contribution is 7.99. The first-order chi connectivity index (χ1) is 17.4. The minimum atomic E-state index is -0.289. The third-order valence-electron chi connectivity index (χ3n) is 5.10. The van der Waals surface area contributed by atoms with Gasteiger partial charge in [-0.15, -0.1) is 5.10 Å². The van der Waals surface area contributed by atoms with E-state index in [9.17, 15) is 9.90 Å². The number of hydrogen-bond donors (Lipinski definition) is 3. The van der Waals surface area contributed by atoms with Crippen LogP contribution in [0, 0.1) is 6.92 Å². The van der Waals surface area contributed by atoms with Crippen LogP contribution in [0.4, 0.5) is 0 Å². The molecule has 8 nitrogen and oxygen atoms in total. The number of amides is 1. The number of nitrogens with zero attached hydrogens (tertiary/aromatic N) is 3. The highest BCUT2D eigenvalue weighted by atomic mass is 35.5. The van der Waals surface area contributed by atoms with E-state index in [-0.39, 0.29) is 17.4 Å². The zero-order valence-electron chi connectivity index (χ0n) is 19.7. The summed E-state index contributed by atoms with van der Waals surface area (Å²) in [6, 6.07) is 20.4. The molecule has 0 unspecified atom stereocenters. The van der Waals surface area contributed by atoms with Crippen molar-refractivity contribution in [3.63, 3.8) is 0 Å². The second-order valence-electron chi connectivity index (χ2n) is 7.77. The maximum absolute atomic E-state index is 12.5. The summed E-state index contributed by atoms with van der Waals surface area (Å²) in [6.07, 6.45) is 1.49. The molecular formula is C26H25ClN5O3S+. The summed E-state index contributed by atoms with van der Waals surface area (Å²) in [7, 11) is 0. The molecule has 4 rings (SSSR count). The van der Waals surface area contributed by atoms with E-state index in [0.29, 0.717) is 28.1 Å². The molecule has 36 heavy (non-hydrogen) atoms. The van der Waals surface area contributed by atoms with E-state index in [0.717, 1.165) is 22.6 Å². The van der Waals surface area contributed by atoms with Crippen LogP contribution in [0.1, 0.15) is 18.1 Å². The van der Waals surface area contributed by atoms with Gasteiger partial charge in [0, 0.05) is 5.02 Å². The lowest BCUT2D eigenvalue weighted by Crippen LogP contribution is -2.34. The average Bonchev–Trinajstić information content (AvgIpc) is 3.29. The van der Waals surface area contributed by atoms with E-state index in [4.69, 9.17) is 16.3 Å². The summed E-state index contributed by atoms with van der Waals surface area (Å²) in [5.41, 5.74) is 6.18. The molecule has 10 heteroatoms. The molecule has 0 bridgehead atoms. The lowest BCUT2D eigenvalue weighted by Gasteiger charge is -2.06. The van der Waals surface area contributed by atoms with Gasteiger partial charge >= 0.3 is 5.16 Å². The number of carbonyl (C=O) groups is 1. The van der Waals surface area contributed by atoms with Crippen LogP contribution in [0.25, 0.3) is 17.1 Å². The molecule has 1 aromatic heterocycles. The number of phenolic OH excluding ortho intramolecular Hbond substituents is 1. The normalized spacial score (nSPS) is 11.1. The zero-order valence-corrected chi connectivity index (χ0v) is 21.3. The molecule has 0 fully saturated rings. The second-order valence-corrected chi connectivity index (χ2v) is 9.15. The van der Waals surface area contributed by atoms with Crippen LogP contribution >= 0.6 is 23.4 Å². The van der Waals surface area contributed by atoms with Crippen molar-refractivity contribution in [2.24, 2.45) is 5.10 Å². The van der Waals surface area contributed by atoms with Crippen LogP contribution in [0.3, 0.4) is 0 Å². The molecule has 1 amide bonds. The summed E-state index contributed by atoms with van der Waals surface area (Å²) in [5, 5.41) is 22.6. The second kappa shape index (κ2) is 11.7. The maximum atomic E-state index is 12.5. The number of nitrogens with one attached hydrogen (secondary N) is 2. The van der Waals surface area contributed by atoms with Gasteiger partial charge in [-0.3, -0.25) is 4.79 Å². The van der Waals surface area contributed by atoms with E-state index in [1.807, 2.05) is 66.9 Å². The molecular weight excluding hydrogens is 498 g/mol. The van der Waals surface area contributed by atoms with Gasteiger partial charge in [-0.25, -0.2) is 5.43 Å². The molecule has 0 aliphatic carbocycles. The van der Waals surface area contributed by atoms with Gasteiger partial charge in [-0.1, -0.05) is 29.3 Å². The quantitative estimate of drug-likeness (QED) is 0.128. The van der Waals surface area contributed by atoms with Gasteiger partial charge < -0.3 is 9.84 Å².